The van der Waals surface area contributed by atoms with Gasteiger partial charge in [0.05, 0.1) is 21.2 Å². The molecule has 0 radical (unpaired) electrons. The average molecular weight is 707 g/mol. The first-order chi connectivity index (χ1) is 22.2. The third-order valence-electron chi connectivity index (χ3n) is 7.10. The molecule has 0 unspecified atom stereocenters. The van der Waals surface area contributed by atoms with E-state index in [2.05, 4.69) is 5.32 Å². The molecule has 47 heavy (non-hydrogen) atoms. The van der Waals surface area contributed by atoms with Gasteiger partial charge in [0.2, 0.25) is 11.8 Å². The van der Waals surface area contributed by atoms with Crippen LogP contribution in [-0.2, 0) is 38.8 Å². The highest BCUT2D eigenvalue weighted by Crippen LogP contribution is 2.38. The first kappa shape index (κ1) is 35.8. The molecule has 0 saturated heterocycles. The summed E-state index contributed by atoms with van der Waals surface area (Å²) in [7, 11) is -4.61. The van der Waals surface area contributed by atoms with Crippen molar-refractivity contribution in [2.75, 3.05) is 10.8 Å². The van der Waals surface area contributed by atoms with Gasteiger partial charge < -0.3 is 10.2 Å². The Balaban J connectivity index is 1.86. The molecule has 248 valence electrons. The summed E-state index contributed by atoms with van der Waals surface area (Å²) in [5.41, 5.74) is -0.439. The molecule has 1 N–H and O–H groups in total. The molecule has 4 rings (SSSR count). The number of nitrogens with zero attached hydrogens (tertiary/aromatic N) is 2. The monoisotopic (exact) mass is 705 g/mol. The quantitative estimate of drug-likeness (QED) is 0.167. The molecule has 0 bridgehead atoms. The number of hydrogen-bond donors (Lipinski definition) is 1. The number of sulfonamides is 1. The van der Waals surface area contributed by atoms with Crippen LogP contribution in [0.15, 0.2) is 108 Å². The molecular formula is C34H32Cl2F3N3O4S. The molecular weight excluding hydrogens is 674 g/mol. The lowest BCUT2D eigenvalue weighted by Gasteiger charge is -2.34. The summed E-state index contributed by atoms with van der Waals surface area (Å²) in [6.07, 6.45) is -4.84. The SMILES string of the molecule is CC(C)NC(=O)[C@@H](Cc1ccccc1)N(Cc1cccc(Cl)c1)C(=O)CN(c1ccc(Cl)c(C(F)(F)F)c1)S(=O)(=O)c1ccccc1. The predicted molar refractivity (Wildman–Crippen MR) is 177 cm³/mol. The number of rotatable bonds is 12. The third-order valence-corrected chi connectivity index (χ3v) is 9.45. The van der Waals surface area contributed by atoms with Crippen molar-refractivity contribution in [1.82, 2.24) is 10.2 Å². The van der Waals surface area contributed by atoms with Gasteiger partial charge >= 0.3 is 6.18 Å². The molecule has 4 aromatic carbocycles. The van der Waals surface area contributed by atoms with Gasteiger partial charge in [0, 0.05) is 24.0 Å². The van der Waals surface area contributed by atoms with Gasteiger partial charge in [-0.25, -0.2) is 8.42 Å². The molecule has 4 aromatic rings. The van der Waals surface area contributed by atoms with Crippen molar-refractivity contribution in [2.24, 2.45) is 0 Å². The Labute approximate surface area is 282 Å². The van der Waals surface area contributed by atoms with E-state index in [-0.39, 0.29) is 23.9 Å². The molecule has 0 aliphatic rings. The van der Waals surface area contributed by atoms with E-state index in [0.29, 0.717) is 21.0 Å². The average Bonchev–Trinajstić information content (AvgIpc) is 3.02. The minimum absolute atomic E-state index is 0.0658. The minimum atomic E-state index is -4.91. The van der Waals surface area contributed by atoms with Crippen LogP contribution in [0.2, 0.25) is 10.0 Å². The largest absolute Gasteiger partial charge is 0.417 e. The van der Waals surface area contributed by atoms with Gasteiger partial charge in [-0.1, -0.05) is 83.9 Å². The van der Waals surface area contributed by atoms with Gasteiger partial charge in [0.1, 0.15) is 12.6 Å². The van der Waals surface area contributed by atoms with Crippen LogP contribution in [0.4, 0.5) is 18.9 Å². The maximum absolute atomic E-state index is 14.4. The summed E-state index contributed by atoms with van der Waals surface area (Å²) < 4.78 is 70.3. The minimum Gasteiger partial charge on any atom is -0.352 e. The Bertz CT molecular complexity index is 1810. The Morgan fingerprint density at radius 1 is 0.830 bits per heavy atom. The van der Waals surface area contributed by atoms with Crippen LogP contribution >= 0.6 is 23.2 Å². The number of hydrogen-bond acceptors (Lipinski definition) is 4. The Morgan fingerprint density at radius 3 is 2.04 bits per heavy atom. The maximum Gasteiger partial charge on any atom is 0.417 e. The fourth-order valence-corrected chi connectivity index (χ4v) is 6.77. The van der Waals surface area contributed by atoms with E-state index in [1.165, 1.54) is 29.2 Å². The zero-order valence-electron chi connectivity index (χ0n) is 25.4. The third kappa shape index (κ3) is 9.27. The van der Waals surface area contributed by atoms with E-state index in [1.54, 1.807) is 74.5 Å². The second-order valence-corrected chi connectivity index (χ2v) is 13.7. The van der Waals surface area contributed by atoms with Gasteiger partial charge in [-0.15, -0.1) is 0 Å². The summed E-state index contributed by atoms with van der Waals surface area (Å²) >= 11 is 12.1. The number of carbonyl (C=O) groups is 2. The normalized spacial score (nSPS) is 12.4. The lowest BCUT2D eigenvalue weighted by Crippen LogP contribution is -2.54. The van der Waals surface area contributed by atoms with Crippen LogP contribution in [0.25, 0.3) is 0 Å². The van der Waals surface area contributed by atoms with Crippen molar-refractivity contribution in [3.63, 3.8) is 0 Å². The van der Waals surface area contributed by atoms with Crippen molar-refractivity contribution in [2.45, 2.75) is 50.0 Å². The van der Waals surface area contributed by atoms with Gasteiger partial charge in [-0.3, -0.25) is 13.9 Å². The van der Waals surface area contributed by atoms with Crippen molar-refractivity contribution in [3.05, 3.63) is 130 Å². The van der Waals surface area contributed by atoms with Gasteiger partial charge in [-0.2, -0.15) is 13.2 Å². The van der Waals surface area contributed by atoms with Crippen LogP contribution in [0.5, 0.6) is 0 Å². The van der Waals surface area contributed by atoms with Gasteiger partial charge in [0.15, 0.2) is 0 Å². The zero-order chi connectivity index (χ0) is 34.4. The summed E-state index contributed by atoms with van der Waals surface area (Å²) in [6.45, 7) is 2.42. The first-order valence-electron chi connectivity index (χ1n) is 14.5. The molecule has 1 atom stereocenters. The van der Waals surface area contributed by atoms with Gasteiger partial charge in [-0.05, 0) is 67.4 Å². The van der Waals surface area contributed by atoms with Crippen LogP contribution in [0.1, 0.15) is 30.5 Å². The summed E-state index contributed by atoms with van der Waals surface area (Å²) in [6, 6.07) is 23.7. The highest BCUT2D eigenvalue weighted by molar-refractivity contribution is 7.92. The number of amides is 2. The van der Waals surface area contributed by atoms with E-state index < -0.39 is 56.9 Å². The second kappa shape index (κ2) is 15.2. The number of benzene rings is 4. The summed E-state index contributed by atoms with van der Waals surface area (Å²) in [4.78, 5) is 29.1. The molecule has 0 heterocycles. The van der Waals surface area contributed by atoms with E-state index in [0.717, 1.165) is 17.7 Å². The van der Waals surface area contributed by atoms with Gasteiger partial charge in [0.25, 0.3) is 10.0 Å². The Kier molecular flexibility index (Phi) is 11.6. The predicted octanol–water partition coefficient (Wildman–Crippen LogP) is 7.37. The summed E-state index contributed by atoms with van der Waals surface area (Å²) in [5.74, 6) is -1.34. The lowest BCUT2D eigenvalue weighted by atomic mass is 10.0. The van der Waals surface area contributed by atoms with Crippen molar-refractivity contribution in [3.8, 4) is 0 Å². The van der Waals surface area contributed by atoms with E-state index in [9.17, 15) is 31.2 Å². The van der Waals surface area contributed by atoms with Crippen LogP contribution in [0.3, 0.4) is 0 Å². The number of nitrogens with one attached hydrogen (secondary N) is 1. The number of carbonyl (C=O) groups excluding carboxylic acids is 2. The lowest BCUT2D eigenvalue weighted by molar-refractivity contribution is -0.140. The fourth-order valence-electron chi connectivity index (χ4n) is 4.90. The first-order valence-corrected chi connectivity index (χ1v) is 16.7. The molecule has 13 heteroatoms. The smallest absolute Gasteiger partial charge is 0.352 e. The highest BCUT2D eigenvalue weighted by atomic mass is 35.5. The molecule has 0 aliphatic carbocycles. The number of anilines is 1. The second-order valence-electron chi connectivity index (χ2n) is 11.0. The van der Waals surface area contributed by atoms with Crippen molar-refractivity contribution >= 4 is 50.7 Å². The Morgan fingerprint density at radius 2 is 1.45 bits per heavy atom. The molecule has 0 spiro atoms. The number of alkyl halides is 3. The fraction of sp³-hybridized carbons (Fsp3) is 0.235. The Hall–Kier alpha value is -4.06. The topological polar surface area (TPSA) is 86.8 Å². The molecule has 0 aromatic heterocycles. The zero-order valence-corrected chi connectivity index (χ0v) is 27.7. The molecule has 7 nitrogen and oxygen atoms in total. The van der Waals surface area contributed by atoms with Crippen LogP contribution in [0, 0.1) is 0 Å². The summed E-state index contributed by atoms with van der Waals surface area (Å²) in [5, 5.41) is 2.57. The van der Waals surface area contributed by atoms with E-state index >= 15 is 0 Å². The molecule has 0 saturated carbocycles. The van der Waals surface area contributed by atoms with Crippen molar-refractivity contribution < 1.29 is 31.2 Å². The van der Waals surface area contributed by atoms with Crippen molar-refractivity contribution in [1.29, 1.82) is 0 Å². The number of halogens is 5. The molecule has 2 amide bonds. The van der Waals surface area contributed by atoms with E-state index in [4.69, 9.17) is 23.2 Å². The van der Waals surface area contributed by atoms with Crippen LogP contribution in [-0.4, -0.2) is 43.8 Å². The standard InChI is InChI=1S/C34H32Cl2F3N3O4S/c1-23(2)40-33(44)31(19-24-10-5-3-6-11-24)41(21-25-12-9-13-26(35)18-25)32(43)22-42(47(45,46)28-14-7-4-8-15-28)27-16-17-30(36)29(20-27)34(37,38)39/h3-18,20,23,31H,19,21-22H2,1-2H3,(H,40,44)/t31-/m1/s1. The van der Waals surface area contributed by atoms with E-state index in [1.807, 2.05) is 0 Å². The molecule has 0 fully saturated rings. The highest BCUT2D eigenvalue weighted by Gasteiger charge is 2.37. The molecule has 0 aliphatic heterocycles. The van der Waals surface area contributed by atoms with Crippen LogP contribution < -0.4 is 9.62 Å². The maximum atomic E-state index is 14.4.